The minimum Gasteiger partial charge on any atom is -0.374 e. The number of carbonyl (C=O) groups excluding carboxylic acids is 1. The fourth-order valence-corrected chi connectivity index (χ4v) is 3.83. The maximum Gasteiger partial charge on any atom is 0.247 e. The van der Waals surface area contributed by atoms with Crippen LogP contribution in [-0.2, 0) is 15.1 Å². The van der Waals surface area contributed by atoms with Gasteiger partial charge in [-0.25, -0.2) is 0 Å². The highest BCUT2D eigenvalue weighted by atomic mass is 79.9. The Morgan fingerprint density at radius 2 is 2.00 bits per heavy atom. The second-order valence-corrected chi connectivity index (χ2v) is 7.38. The first-order valence-corrected chi connectivity index (χ1v) is 8.77. The van der Waals surface area contributed by atoms with Crippen molar-refractivity contribution in [1.29, 1.82) is 0 Å². The minimum absolute atomic E-state index is 0.00928. The van der Waals surface area contributed by atoms with Crippen LogP contribution in [0.25, 0.3) is 0 Å². The lowest BCUT2D eigenvalue weighted by Gasteiger charge is -2.46. The molecule has 2 N–H and O–H groups in total. The zero-order valence-corrected chi connectivity index (χ0v) is 14.5. The van der Waals surface area contributed by atoms with Gasteiger partial charge in [-0.2, -0.15) is 0 Å². The second kappa shape index (κ2) is 6.30. The van der Waals surface area contributed by atoms with E-state index in [1.165, 1.54) is 6.42 Å². The molecule has 1 aliphatic heterocycles. The van der Waals surface area contributed by atoms with E-state index >= 15 is 0 Å². The van der Waals surface area contributed by atoms with Crippen LogP contribution in [0.1, 0.15) is 38.2 Å². The molecule has 3 rings (SSSR count). The molecule has 5 heteroatoms. The Balaban J connectivity index is 1.83. The zero-order chi connectivity index (χ0) is 15.7. The number of halogens is 1. The van der Waals surface area contributed by atoms with Crippen LogP contribution >= 0.6 is 15.9 Å². The third-order valence-electron chi connectivity index (χ3n) is 4.88. The van der Waals surface area contributed by atoms with Gasteiger partial charge in [0.2, 0.25) is 5.91 Å². The molecule has 1 aliphatic carbocycles. The van der Waals surface area contributed by atoms with Gasteiger partial charge < -0.3 is 15.4 Å². The largest absolute Gasteiger partial charge is 0.374 e. The van der Waals surface area contributed by atoms with Crippen molar-refractivity contribution >= 4 is 21.8 Å². The van der Waals surface area contributed by atoms with E-state index in [1.54, 1.807) is 0 Å². The predicted molar refractivity (Wildman–Crippen MR) is 89.4 cm³/mol. The summed E-state index contributed by atoms with van der Waals surface area (Å²) in [7, 11) is 0. The topological polar surface area (TPSA) is 55.6 Å². The zero-order valence-electron chi connectivity index (χ0n) is 12.9. The SMILES string of the molecule is CC(N)(C(=O)N1CCOC2CCCCC21)c1ccc(Br)cc1. The molecule has 0 bridgehead atoms. The Morgan fingerprint density at radius 3 is 2.73 bits per heavy atom. The predicted octanol–water partition coefficient (Wildman–Crippen LogP) is 2.79. The van der Waals surface area contributed by atoms with E-state index in [0.717, 1.165) is 29.3 Å². The Hall–Kier alpha value is -0.910. The van der Waals surface area contributed by atoms with Crippen LogP contribution in [0.5, 0.6) is 0 Å². The lowest BCUT2D eigenvalue weighted by atomic mass is 9.86. The van der Waals surface area contributed by atoms with E-state index in [9.17, 15) is 4.79 Å². The summed E-state index contributed by atoms with van der Waals surface area (Å²) in [5, 5.41) is 0. The van der Waals surface area contributed by atoms with Gasteiger partial charge in [0.05, 0.1) is 18.8 Å². The van der Waals surface area contributed by atoms with Gasteiger partial charge in [-0.05, 0) is 37.5 Å². The monoisotopic (exact) mass is 366 g/mol. The molecule has 2 fully saturated rings. The average Bonchev–Trinajstić information content (AvgIpc) is 2.54. The number of morpholine rings is 1. The van der Waals surface area contributed by atoms with Crippen LogP contribution in [0.3, 0.4) is 0 Å². The van der Waals surface area contributed by atoms with Crippen LogP contribution in [0.4, 0.5) is 0 Å². The smallest absolute Gasteiger partial charge is 0.247 e. The van der Waals surface area contributed by atoms with Crippen molar-refractivity contribution in [3.8, 4) is 0 Å². The molecule has 120 valence electrons. The molecule has 0 spiro atoms. The van der Waals surface area contributed by atoms with E-state index < -0.39 is 5.54 Å². The summed E-state index contributed by atoms with van der Waals surface area (Å²) < 4.78 is 6.84. The van der Waals surface area contributed by atoms with Gasteiger partial charge in [-0.3, -0.25) is 4.79 Å². The van der Waals surface area contributed by atoms with E-state index in [-0.39, 0.29) is 18.1 Å². The van der Waals surface area contributed by atoms with Crippen molar-refractivity contribution in [2.45, 2.75) is 50.3 Å². The summed E-state index contributed by atoms with van der Waals surface area (Å²) in [6, 6.07) is 7.88. The molecule has 3 atom stereocenters. The van der Waals surface area contributed by atoms with Gasteiger partial charge >= 0.3 is 0 Å². The number of hydrogen-bond acceptors (Lipinski definition) is 3. The Morgan fingerprint density at radius 1 is 1.32 bits per heavy atom. The number of rotatable bonds is 2. The number of benzene rings is 1. The number of hydrogen-bond donors (Lipinski definition) is 1. The van der Waals surface area contributed by atoms with Crippen molar-refractivity contribution in [2.24, 2.45) is 5.73 Å². The first-order chi connectivity index (χ1) is 10.5. The minimum atomic E-state index is -1.000. The number of fused-ring (bicyclic) bond motifs is 1. The molecule has 0 radical (unpaired) electrons. The van der Waals surface area contributed by atoms with E-state index in [4.69, 9.17) is 10.5 Å². The first-order valence-electron chi connectivity index (χ1n) is 7.98. The van der Waals surface area contributed by atoms with Gasteiger partial charge in [0.15, 0.2) is 0 Å². The van der Waals surface area contributed by atoms with Crippen molar-refractivity contribution in [1.82, 2.24) is 4.90 Å². The molecule has 1 aromatic carbocycles. The second-order valence-electron chi connectivity index (χ2n) is 6.47. The molecule has 1 heterocycles. The maximum atomic E-state index is 13.1. The molecule has 1 aromatic rings. The molecular formula is C17H23BrN2O2. The van der Waals surface area contributed by atoms with Gasteiger partial charge in [0.1, 0.15) is 5.54 Å². The Labute approximate surface area is 140 Å². The third kappa shape index (κ3) is 2.94. The van der Waals surface area contributed by atoms with E-state index in [1.807, 2.05) is 36.1 Å². The Kier molecular flexibility index (Phi) is 4.57. The summed E-state index contributed by atoms with van der Waals surface area (Å²) >= 11 is 3.42. The van der Waals surface area contributed by atoms with Gasteiger partial charge in [-0.1, -0.05) is 40.9 Å². The molecule has 4 nitrogen and oxygen atoms in total. The van der Waals surface area contributed by atoms with Crippen molar-refractivity contribution in [3.63, 3.8) is 0 Å². The van der Waals surface area contributed by atoms with E-state index in [0.29, 0.717) is 13.2 Å². The molecule has 0 aromatic heterocycles. The first kappa shape index (κ1) is 16.0. The molecule has 22 heavy (non-hydrogen) atoms. The summed E-state index contributed by atoms with van der Waals surface area (Å²) in [4.78, 5) is 15.1. The summed E-state index contributed by atoms with van der Waals surface area (Å²) in [6.07, 6.45) is 4.61. The average molecular weight is 367 g/mol. The third-order valence-corrected chi connectivity index (χ3v) is 5.41. The molecule has 1 saturated heterocycles. The summed E-state index contributed by atoms with van der Waals surface area (Å²) in [5.41, 5.74) is 6.28. The number of nitrogens with zero attached hydrogens (tertiary/aromatic N) is 1. The van der Waals surface area contributed by atoms with Crippen molar-refractivity contribution in [2.75, 3.05) is 13.2 Å². The molecule has 2 aliphatic rings. The van der Waals surface area contributed by atoms with Crippen LogP contribution in [0.2, 0.25) is 0 Å². The number of nitrogens with two attached hydrogens (primary N) is 1. The van der Waals surface area contributed by atoms with Gasteiger partial charge in [0, 0.05) is 11.0 Å². The fraction of sp³-hybridized carbons (Fsp3) is 0.588. The molecule has 3 unspecified atom stereocenters. The quantitative estimate of drug-likeness (QED) is 0.875. The Bertz CT molecular complexity index is 542. The normalized spacial score (nSPS) is 27.9. The van der Waals surface area contributed by atoms with Gasteiger partial charge in [-0.15, -0.1) is 0 Å². The van der Waals surface area contributed by atoms with Crippen LogP contribution < -0.4 is 5.73 Å². The molecular weight excluding hydrogens is 344 g/mol. The van der Waals surface area contributed by atoms with Crippen LogP contribution in [0, 0.1) is 0 Å². The van der Waals surface area contributed by atoms with Crippen molar-refractivity contribution < 1.29 is 9.53 Å². The van der Waals surface area contributed by atoms with Crippen LogP contribution in [0.15, 0.2) is 28.7 Å². The number of ether oxygens (including phenoxy) is 1. The van der Waals surface area contributed by atoms with Gasteiger partial charge in [0.25, 0.3) is 0 Å². The highest BCUT2D eigenvalue weighted by Crippen LogP contribution is 2.31. The van der Waals surface area contributed by atoms with Crippen LogP contribution in [-0.4, -0.2) is 36.1 Å². The van der Waals surface area contributed by atoms with Crippen molar-refractivity contribution in [3.05, 3.63) is 34.3 Å². The number of carbonyl (C=O) groups is 1. The lowest BCUT2D eigenvalue weighted by Crippen LogP contribution is -2.61. The summed E-state index contributed by atoms with van der Waals surface area (Å²) in [6.45, 7) is 3.07. The summed E-state index contributed by atoms with van der Waals surface area (Å²) in [5.74, 6) is 0.00928. The fourth-order valence-electron chi connectivity index (χ4n) is 3.57. The van der Waals surface area contributed by atoms with E-state index in [2.05, 4.69) is 15.9 Å². The molecule has 1 amide bonds. The lowest BCUT2D eigenvalue weighted by molar-refractivity contribution is -0.155. The standard InChI is InChI=1S/C17H23BrN2O2/c1-17(19,12-6-8-13(18)9-7-12)16(21)20-10-11-22-15-5-3-2-4-14(15)20/h6-9,14-15H,2-5,10-11,19H2,1H3. The maximum absolute atomic E-state index is 13.1. The highest BCUT2D eigenvalue weighted by molar-refractivity contribution is 9.10. The number of amides is 1. The highest BCUT2D eigenvalue weighted by Gasteiger charge is 2.42. The molecule has 1 saturated carbocycles.